The van der Waals surface area contributed by atoms with Gasteiger partial charge in [0.25, 0.3) is 5.56 Å². The fourth-order valence-electron chi connectivity index (χ4n) is 3.39. The molecule has 0 unspecified atom stereocenters. The molecule has 1 aliphatic heterocycles. The van der Waals surface area contributed by atoms with E-state index in [-0.39, 0.29) is 24.2 Å². The SMILES string of the molecule is O=c1[nH]c(C2CC2)nc2c1CN(Cc1c(F)cccc1C(F)(F)F)CC2. The van der Waals surface area contributed by atoms with E-state index in [1.807, 2.05) is 0 Å². The molecule has 0 bridgehead atoms. The molecule has 8 heteroatoms. The van der Waals surface area contributed by atoms with E-state index in [1.54, 1.807) is 4.90 Å². The summed E-state index contributed by atoms with van der Waals surface area (Å²) in [6, 6.07) is 2.96. The maximum atomic E-state index is 14.1. The number of nitrogens with one attached hydrogen (secondary N) is 1. The summed E-state index contributed by atoms with van der Waals surface area (Å²) in [6.07, 6.45) is -2.12. The lowest BCUT2D eigenvalue weighted by atomic mass is 10.0. The summed E-state index contributed by atoms with van der Waals surface area (Å²) in [5, 5.41) is 0. The van der Waals surface area contributed by atoms with Crippen molar-refractivity contribution in [3.8, 4) is 0 Å². The fraction of sp³-hybridized carbons (Fsp3) is 0.444. The molecule has 1 fully saturated rings. The molecule has 2 aromatic rings. The average Bonchev–Trinajstić information content (AvgIpc) is 3.41. The number of nitrogens with zero attached hydrogens (tertiary/aromatic N) is 2. The third-order valence-corrected chi connectivity index (χ3v) is 4.94. The number of fused-ring (bicyclic) bond motifs is 1. The van der Waals surface area contributed by atoms with Crippen LogP contribution >= 0.6 is 0 Å². The molecule has 2 aliphatic rings. The third-order valence-electron chi connectivity index (χ3n) is 4.94. The molecule has 1 aromatic carbocycles. The van der Waals surface area contributed by atoms with E-state index < -0.39 is 17.6 Å². The van der Waals surface area contributed by atoms with Crippen molar-refractivity contribution in [3.63, 3.8) is 0 Å². The molecule has 138 valence electrons. The van der Waals surface area contributed by atoms with Gasteiger partial charge in [0, 0.05) is 37.5 Å². The molecule has 1 aromatic heterocycles. The lowest BCUT2D eigenvalue weighted by molar-refractivity contribution is -0.138. The highest BCUT2D eigenvalue weighted by molar-refractivity contribution is 5.32. The molecule has 1 aliphatic carbocycles. The number of halogens is 4. The van der Waals surface area contributed by atoms with Gasteiger partial charge in [0.15, 0.2) is 0 Å². The van der Waals surface area contributed by atoms with E-state index in [1.165, 1.54) is 0 Å². The minimum absolute atomic E-state index is 0.161. The molecule has 26 heavy (non-hydrogen) atoms. The highest BCUT2D eigenvalue weighted by Crippen LogP contribution is 2.38. The van der Waals surface area contributed by atoms with E-state index in [2.05, 4.69) is 9.97 Å². The molecule has 1 N–H and O–H groups in total. The predicted octanol–water partition coefficient (Wildman–Crippen LogP) is 3.36. The monoisotopic (exact) mass is 367 g/mol. The number of benzene rings is 1. The Bertz CT molecular complexity index is 902. The Morgan fingerprint density at radius 1 is 1.27 bits per heavy atom. The summed E-state index contributed by atoms with van der Waals surface area (Å²) in [7, 11) is 0. The summed E-state index contributed by atoms with van der Waals surface area (Å²) < 4.78 is 53.5. The normalized spacial score (nSPS) is 18.0. The molecule has 4 nitrogen and oxygen atoms in total. The summed E-state index contributed by atoms with van der Waals surface area (Å²) in [4.78, 5) is 21.3. The van der Waals surface area contributed by atoms with Gasteiger partial charge in [-0.15, -0.1) is 0 Å². The van der Waals surface area contributed by atoms with Crippen LogP contribution in [-0.4, -0.2) is 21.4 Å². The highest BCUT2D eigenvalue weighted by atomic mass is 19.4. The van der Waals surface area contributed by atoms with Crippen LogP contribution in [0.2, 0.25) is 0 Å². The quantitative estimate of drug-likeness (QED) is 0.847. The summed E-state index contributed by atoms with van der Waals surface area (Å²) in [5.74, 6) is 0.135. The molecular formula is C18H17F4N3O. The number of aromatic nitrogens is 2. The van der Waals surface area contributed by atoms with E-state index >= 15 is 0 Å². The first-order valence-electron chi connectivity index (χ1n) is 8.52. The zero-order chi connectivity index (χ0) is 18.5. The van der Waals surface area contributed by atoms with Crippen LogP contribution in [0.25, 0.3) is 0 Å². The Kier molecular flexibility index (Phi) is 4.10. The molecular weight excluding hydrogens is 350 g/mol. The Labute approximate surface area is 146 Å². The molecule has 0 amide bonds. The number of aromatic amines is 1. The molecule has 4 rings (SSSR count). The largest absolute Gasteiger partial charge is 0.416 e. The maximum Gasteiger partial charge on any atom is 0.416 e. The van der Waals surface area contributed by atoms with E-state index in [0.29, 0.717) is 36.0 Å². The first kappa shape index (κ1) is 17.2. The third kappa shape index (κ3) is 3.25. The van der Waals surface area contributed by atoms with E-state index in [9.17, 15) is 22.4 Å². The van der Waals surface area contributed by atoms with Crippen molar-refractivity contribution >= 4 is 0 Å². The molecule has 0 radical (unpaired) electrons. The summed E-state index contributed by atoms with van der Waals surface area (Å²) in [6.45, 7) is 0.387. The Morgan fingerprint density at radius 3 is 2.73 bits per heavy atom. The highest BCUT2D eigenvalue weighted by Gasteiger charge is 2.35. The van der Waals surface area contributed by atoms with E-state index in [4.69, 9.17) is 0 Å². The Balaban J connectivity index is 1.60. The molecule has 2 heterocycles. The second-order valence-corrected chi connectivity index (χ2v) is 6.88. The van der Waals surface area contributed by atoms with Crippen molar-refractivity contribution in [3.05, 3.63) is 62.6 Å². The zero-order valence-electron chi connectivity index (χ0n) is 13.9. The molecule has 0 atom stereocenters. The summed E-state index contributed by atoms with van der Waals surface area (Å²) >= 11 is 0. The second kappa shape index (κ2) is 6.19. The van der Waals surface area contributed by atoms with E-state index in [0.717, 1.165) is 31.0 Å². The fourth-order valence-corrected chi connectivity index (χ4v) is 3.39. The van der Waals surface area contributed by atoms with Gasteiger partial charge in [-0.25, -0.2) is 9.37 Å². The number of hydrogen-bond donors (Lipinski definition) is 1. The van der Waals surface area contributed by atoms with Crippen molar-refractivity contribution in [2.75, 3.05) is 6.54 Å². The lowest BCUT2D eigenvalue weighted by Crippen LogP contribution is -2.36. The van der Waals surface area contributed by atoms with Crippen LogP contribution in [0.5, 0.6) is 0 Å². The zero-order valence-corrected chi connectivity index (χ0v) is 13.9. The molecule has 0 saturated heterocycles. The van der Waals surface area contributed by atoms with Crippen LogP contribution in [0, 0.1) is 5.82 Å². The smallest absolute Gasteiger partial charge is 0.310 e. The lowest BCUT2D eigenvalue weighted by Gasteiger charge is -2.28. The topological polar surface area (TPSA) is 49.0 Å². The molecule has 0 spiro atoms. The van der Waals surface area contributed by atoms with Gasteiger partial charge in [0.1, 0.15) is 11.6 Å². The van der Waals surface area contributed by atoms with Crippen LogP contribution in [0.4, 0.5) is 17.6 Å². The van der Waals surface area contributed by atoms with Crippen molar-refractivity contribution in [2.24, 2.45) is 0 Å². The second-order valence-electron chi connectivity index (χ2n) is 6.88. The summed E-state index contributed by atoms with van der Waals surface area (Å²) in [5.41, 5.74) is -0.435. The maximum absolute atomic E-state index is 14.1. The number of H-pyrrole nitrogens is 1. The number of hydrogen-bond acceptors (Lipinski definition) is 3. The van der Waals surface area contributed by atoms with Gasteiger partial charge in [-0.1, -0.05) is 6.07 Å². The van der Waals surface area contributed by atoms with Gasteiger partial charge >= 0.3 is 6.18 Å². The number of rotatable bonds is 3. The predicted molar refractivity (Wildman–Crippen MR) is 86.1 cm³/mol. The van der Waals surface area contributed by atoms with Crippen LogP contribution in [-0.2, 0) is 25.7 Å². The minimum atomic E-state index is -4.62. The van der Waals surface area contributed by atoms with Crippen LogP contribution in [0.1, 0.15) is 47.0 Å². The number of alkyl halides is 3. The van der Waals surface area contributed by atoms with Crippen molar-refractivity contribution < 1.29 is 17.6 Å². The van der Waals surface area contributed by atoms with Gasteiger partial charge in [-0.05, 0) is 25.0 Å². The van der Waals surface area contributed by atoms with Gasteiger partial charge in [-0.2, -0.15) is 13.2 Å². The van der Waals surface area contributed by atoms with Crippen molar-refractivity contribution in [2.45, 2.75) is 44.4 Å². The van der Waals surface area contributed by atoms with Crippen molar-refractivity contribution in [1.29, 1.82) is 0 Å². The van der Waals surface area contributed by atoms with Crippen LogP contribution < -0.4 is 5.56 Å². The Hall–Kier alpha value is -2.22. The van der Waals surface area contributed by atoms with Crippen LogP contribution in [0.15, 0.2) is 23.0 Å². The van der Waals surface area contributed by atoms with Crippen molar-refractivity contribution in [1.82, 2.24) is 14.9 Å². The molecule has 1 saturated carbocycles. The van der Waals surface area contributed by atoms with Crippen LogP contribution in [0.3, 0.4) is 0 Å². The van der Waals surface area contributed by atoms with Gasteiger partial charge in [0.2, 0.25) is 0 Å². The average molecular weight is 367 g/mol. The van der Waals surface area contributed by atoms with Gasteiger partial charge < -0.3 is 4.98 Å². The Morgan fingerprint density at radius 2 is 2.04 bits per heavy atom. The van der Waals surface area contributed by atoms with Gasteiger partial charge in [0.05, 0.1) is 16.8 Å². The first-order valence-corrected chi connectivity index (χ1v) is 8.52. The van der Waals surface area contributed by atoms with Gasteiger partial charge in [-0.3, -0.25) is 9.69 Å². The standard InChI is InChI=1S/C18H17F4N3O/c19-14-3-1-2-13(18(20,21)22)11(14)8-25-7-6-15-12(9-25)17(26)24-16(23-15)10-4-5-10/h1-3,10H,4-9H2,(H,23,24,26). The minimum Gasteiger partial charge on any atom is -0.310 e. The first-order chi connectivity index (χ1) is 12.3.